The van der Waals surface area contributed by atoms with Gasteiger partial charge >= 0.3 is 0 Å². The van der Waals surface area contributed by atoms with Crippen LogP contribution in [0.15, 0.2) is 0 Å². The number of thiol groups is 1. The summed E-state index contributed by atoms with van der Waals surface area (Å²) in [5.74, 6) is 0. The molecule has 2 nitrogen and oxygen atoms in total. The van der Waals surface area contributed by atoms with Gasteiger partial charge in [-0.05, 0) is 13.3 Å². The highest BCUT2D eigenvalue weighted by molar-refractivity contribution is 8.10. The van der Waals surface area contributed by atoms with Crippen molar-refractivity contribution >= 4 is 29.2 Å². The number of rotatable bonds is 13. The van der Waals surface area contributed by atoms with Crippen LogP contribution < -0.4 is 0 Å². The van der Waals surface area contributed by atoms with E-state index in [4.69, 9.17) is 17.0 Å². The summed E-state index contributed by atoms with van der Waals surface area (Å²) >= 11 is 9.43. The molecule has 0 aromatic rings. The molecule has 114 valence electrons. The lowest BCUT2D eigenvalue weighted by Gasteiger charge is -2.22. The summed E-state index contributed by atoms with van der Waals surface area (Å²) in [4.78, 5) is 2.14. The van der Waals surface area contributed by atoms with Crippen molar-refractivity contribution in [3.8, 4) is 0 Å². The first-order chi connectivity index (χ1) is 9.22. The lowest BCUT2D eigenvalue weighted by Crippen LogP contribution is -2.30. The summed E-state index contributed by atoms with van der Waals surface area (Å²) in [6.45, 7) is 7.68. The maximum absolute atomic E-state index is 5.36. The Labute approximate surface area is 130 Å². The Hall–Kier alpha value is 0.200. The minimum Gasteiger partial charge on any atom is -0.380 e. The van der Waals surface area contributed by atoms with E-state index >= 15 is 0 Å². The summed E-state index contributed by atoms with van der Waals surface area (Å²) in [5.41, 5.74) is 0. The highest BCUT2D eigenvalue weighted by atomic mass is 32.1. The summed E-state index contributed by atoms with van der Waals surface area (Å²) in [7, 11) is 0. The smallest absolute Gasteiger partial charge is 0.133 e. The Balaban J connectivity index is 3.45. The molecule has 0 amide bonds. The second-order valence-electron chi connectivity index (χ2n) is 4.94. The molecule has 19 heavy (non-hydrogen) atoms. The minimum atomic E-state index is 0.697. The molecule has 0 rings (SSSR count). The summed E-state index contributed by atoms with van der Waals surface area (Å²) in [6, 6.07) is 0. The summed E-state index contributed by atoms with van der Waals surface area (Å²) in [6.07, 6.45) is 10.7. The van der Waals surface area contributed by atoms with Crippen LogP contribution in [0.5, 0.6) is 0 Å². The quantitative estimate of drug-likeness (QED) is 0.301. The van der Waals surface area contributed by atoms with Gasteiger partial charge in [-0.25, -0.2) is 0 Å². The van der Waals surface area contributed by atoms with E-state index in [1.807, 2.05) is 6.92 Å². The van der Waals surface area contributed by atoms with Crippen LogP contribution in [0.25, 0.3) is 0 Å². The molecule has 4 heteroatoms. The van der Waals surface area contributed by atoms with Crippen molar-refractivity contribution in [2.24, 2.45) is 0 Å². The molecule has 0 spiro atoms. The summed E-state index contributed by atoms with van der Waals surface area (Å²) < 4.78 is 6.06. The topological polar surface area (TPSA) is 12.5 Å². The average molecular weight is 306 g/mol. The number of hydrogen-bond acceptors (Lipinski definition) is 2. The van der Waals surface area contributed by atoms with Crippen molar-refractivity contribution in [2.75, 3.05) is 26.3 Å². The van der Waals surface area contributed by atoms with Crippen molar-refractivity contribution < 1.29 is 4.74 Å². The zero-order valence-corrected chi connectivity index (χ0v) is 14.4. The van der Waals surface area contributed by atoms with Crippen molar-refractivity contribution in [3.05, 3.63) is 0 Å². The predicted molar refractivity (Wildman–Crippen MR) is 92.3 cm³/mol. The maximum atomic E-state index is 5.36. The van der Waals surface area contributed by atoms with Gasteiger partial charge in [0.05, 0.1) is 6.61 Å². The molecule has 0 bridgehead atoms. The fourth-order valence-corrected chi connectivity index (χ4v) is 2.44. The predicted octanol–water partition coefficient (Wildman–Crippen LogP) is 4.68. The molecule has 0 fully saturated rings. The van der Waals surface area contributed by atoms with Crippen molar-refractivity contribution in [3.63, 3.8) is 0 Å². The van der Waals surface area contributed by atoms with Crippen molar-refractivity contribution in [1.82, 2.24) is 4.90 Å². The fourth-order valence-electron chi connectivity index (χ4n) is 2.06. The van der Waals surface area contributed by atoms with E-state index in [1.54, 1.807) is 0 Å². The molecule has 0 radical (unpaired) electrons. The van der Waals surface area contributed by atoms with Gasteiger partial charge in [0.1, 0.15) is 4.32 Å². The van der Waals surface area contributed by atoms with E-state index in [0.717, 1.165) is 26.3 Å². The second-order valence-corrected chi connectivity index (χ2v) is 6.05. The lowest BCUT2D eigenvalue weighted by molar-refractivity contribution is 0.133. The lowest BCUT2D eigenvalue weighted by atomic mass is 10.1. The number of ether oxygens (including phenoxy) is 1. The first kappa shape index (κ1) is 19.2. The molecule has 0 aliphatic rings. The van der Waals surface area contributed by atoms with E-state index in [9.17, 15) is 0 Å². The molecular weight excluding hydrogens is 274 g/mol. The zero-order valence-electron chi connectivity index (χ0n) is 12.7. The SMILES string of the molecule is CCCCCCCCCCN(CCOCC)C(=S)S. The third-order valence-electron chi connectivity index (χ3n) is 3.26. The van der Waals surface area contributed by atoms with E-state index in [0.29, 0.717) is 4.32 Å². The first-order valence-electron chi connectivity index (χ1n) is 7.78. The van der Waals surface area contributed by atoms with Crippen molar-refractivity contribution in [2.45, 2.75) is 65.2 Å². The maximum Gasteiger partial charge on any atom is 0.133 e. The molecule has 0 aliphatic heterocycles. The number of unbranched alkanes of at least 4 members (excludes halogenated alkanes) is 7. The van der Waals surface area contributed by atoms with Gasteiger partial charge in [0, 0.05) is 19.7 Å². The van der Waals surface area contributed by atoms with Gasteiger partial charge in [-0.1, -0.05) is 64.1 Å². The molecule has 0 N–H and O–H groups in total. The van der Waals surface area contributed by atoms with Crippen LogP contribution in [0.1, 0.15) is 65.2 Å². The van der Waals surface area contributed by atoms with Gasteiger partial charge in [0.2, 0.25) is 0 Å². The van der Waals surface area contributed by atoms with Crippen LogP contribution in [0.4, 0.5) is 0 Å². The highest BCUT2D eigenvalue weighted by Crippen LogP contribution is 2.09. The molecule has 0 aromatic heterocycles. The standard InChI is InChI=1S/C15H31NOS2/c1-3-5-6-7-8-9-10-11-12-16(15(18)19)13-14-17-4-2/h3-14H2,1-2H3,(H,18,19). The normalized spacial score (nSPS) is 10.7. The van der Waals surface area contributed by atoms with Gasteiger partial charge < -0.3 is 9.64 Å². The van der Waals surface area contributed by atoms with Crippen LogP contribution >= 0.6 is 24.8 Å². The van der Waals surface area contributed by atoms with Crippen LogP contribution in [-0.2, 0) is 4.74 Å². The Morgan fingerprint density at radius 3 is 2.05 bits per heavy atom. The van der Waals surface area contributed by atoms with Gasteiger partial charge in [0.15, 0.2) is 0 Å². The third-order valence-corrected chi connectivity index (χ3v) is 3.80. The van der Waals surface area contributed by atoms with E-state index < -0.39 is 0 Å². The first-order valence-corrected chi connectivity index (χ1v) is 8.63. The Bertz CT molecular complexity index is 212. The Kier molecular flexibility index (Phi) is 14.8. The largest absolute Gasteiger partial charge is 0.380 e. The van der Waals surface area contributed by atoms with Crippen LogP contribution in [-0.4, -0.2) is 35.5 Å². The second kappa shape index (κ2) is 14.6. The van der Waals surface area contributed by atoms with E-state index in [1.165, 1.54) is 51.4 Å². The van der Waals surface area contributed by atoms with Gasteiger partial charge in [0.25, 0.3) is 0 Å². The molecule has 0 aromatic carbocycles. The van der Waals surface area contributed by atoms with Crippen molar-refractivity contribution in [1.29, 1.82) is 0 Å². The number of hydrogen-bond donors (Lipinski definition) is 1. The van der Waals surface area contributed by atoms with E-state index in [2.05, 4.69) is 24.5 Å². The van der Waals surface area contributed by atoms with Gasteiger partial charge in [-0.3, -0.25) is 0 Å². The van der Waals surface area contributed by atoms with Gasteiger partial charge in [-0.15, -0.1) is 12.6 Å². The van der Waals surface area contributed by atoms with Crippen LogP contribution in [0.2, 0.25) is 0 Å². The molecule has 0 saturated carbocycles. The highest BCUT2D eigenvalue weighted by Gasteiger charge is 2.05. The Morgan fingerprint density at radius 1 is 0.947 bits per heavy atom. The third kappa shape index (κ3) is 13.0. The molecule has 0 unspecified atom stereocenters. The van der Waals surface area contributed by atoms with Crippen LogP contribution in [0.3, 0.4) is 0 Å². The monoisotopic (exact) mass is 305 g/mol. The number of thiocarbonyl (C=S) groups is 1. The van der Waals surface area contributed by atoms with Crippen LogP contribution in [0, 0.1) is 0 Å². The van der Waals surface area contributed by atoms with Gasteiger partial charge in [-0.2, -0.15) is 0 Å². The average Bonchev–Trinajstić information content (AvgIpc) is 2.39. The molecular formula is C15H31NOS2. The number of nitrogens with zero attached hydrogens (tertiary/aromatic N) is 1. The molecule has 0 aliphatic carbocycles. The molecule has 0 saturated heterocycles. The Morgan fingerprint density at radius 2 is 1.53 bits per heavy atom. The zero-order chi connectivity index (χ0) is 14.3. The molecule has 0 heterocycles. The fraction of sp³-hybridized carbons (Fsp3) is 0.933. The molecule has 0 atom stereocenters. The minimum absolute atomic E-state index is 0.697. The van der Waals surface area contributed by atoms with E-state index in [-0.39, 0.29) is 0 Å². The summed E-state index contributed by atoms with van der Waals surface area (Å²) in [5, 5.41) is 0.